The van der Waals surface area contributed by atoms with Gasteiger partial charge in [-0.15, -0.1) is 0 Å². The van der Waals surface area contributed by atoms with E-state index in [1.165, 1.54) is 20.1 Å². The molecule has 0 aliphatic heterocycles. The van der Waals surface area contributed by atoms with Gasteiger partial charge in [0.2, 0.25) is 0 Å². The van der Waals surface area contributed by atoms with E-state index in [1.807, 2.05) is 0 Å². The summed E-state index contributed by atoms with van der Waals surface area (Å²) in [6, 6.07) is 2.97. The van der Waals surface area contributed by atoms with Gasteiger partial charge in [-0.05, 0) is 37.5 Å². The molecule has 0 aromatic heterocycles. The highest BCUT2D eigenvalue weighted by Crippen LogP contribution is 2.28. The third-order valence-corrected chi connectivity index (χ3v) is 3.43. The molecule has 1 aromatic carbocycles. The van der Waals surface area contributed by atoms with Gasteiger partial charge in [-0.3, -0.25) is 20.4 Å². The fourth-order valence-corrected chi connectivity index (χ4v) is 1.91. The fraction of sp³-hybridized carbons (Fsp3) is 0.471. The zero-order valence-electron chi connectivity index (χ0n) is 15.4. The van der Waals surface area contributed by atoms with Gasteiger partial charge < -0.3 is 20.5 Å². The Morgan fingerprint density at radius 2 is 1.81 bits per heavy atom. The Kier molecular flexibility index (Phi) is 8.20. The Morgan fingerprint density at radius 1 is 1.12 bits per heavy atom. The molecule has 1 rings (SSSR count). The lowest BCUT2D eigenvalue weighted by molar-refractivity contribution is -0.123. The smallest absolute Gasteiger partial charge is 0.312 e. The second-order valence-electron chi connectivity index (χ2n) is 6.07. The summed E-state index contributed by atoms with van der Waals surface area (Å²) < 4.78 is 10.9. The molecule has 0 spiro atoms. The van der Waals surface area contributed by atoms with E-state index < -0.39 is 23.9 Å². The molecule has 0 bridgehead atoms. The molecule has 144 valence electrons. The van der Waals surface area contributed by atoms with Crippen molar-refractivity contribution in [2.24, 2.45) is 11.7 Å². The molecular weight excluding hydrogens is 340 g/mol. The van der Waals surface area contributed by atoms with Crippen LogP contribution in [-0.2, 0) is 4.79 Å². The van der Waals surface area contributed by atoms with Crippen LogP contribution in [0.5, 0.6) is 11.5 Å². The predicted octanol–water partition coefficient (Wildman–Crippen LogP) is 0.938. The molecule has 0 saturated heterocycles. The normalized spacial score (nSPS) is 11.4. The number of hydrogen-bond acceptors (Lipinski definition) is 5. The van der Waals surface area contributed by atoms with E-state index in [-0.39, 0.29) is 5.56 Å². The Labute approximate surface area is 152 Å². The number of amides is 4. The first kappa shape index (κ1) is 21.1. The van der Waals surface area contributed by atoms with Crippen LogP contribution in [0, 0.1) is 5.92 Å². The van der Waals surface area contributed by atoms with Crippen molar-refractivity contribution in [3.63, 3.8) is 0 Å². The molecule has 0 aliphatic carbocycles. The first-order valence-electron chi connectivity index (χ1n) is 8.21. The van der Waals surface area contributed by atoms with E-state index in [1.54, 1.807) is 12.1 Å². The molecule has 0 aliphatic rings. The topological polar surface area (TPSA) is 132 Å². The van der Waals surface area contributed by atoms with E-state index in [4.69, 9.17) is 15.2 Å². The number of nitrogens with two attached hydrogens (primary N) is 1. The van der Waals surface area contributed by atoms with E-state index in [2.05, 4.69) is 30.0 Å². The number of methoxy groups -OCH3 is 1. The molecule has 1 atom stereocenters. The highest BCUT2D eigenvalue weighted by atomic mass is 16.5. The number of primary amides is 1. The summed E-state index contributed by atoms with van der Waals surface area (Å²) >= 11 is 0. The number of nitrogens with one attached hydrogen (secondary N) is 3. The van der Waals surface area contributed by atoms with Crippen molar-refractivity contribution in [2.45, 2.75) is 33.2 Å². The zero-order chi connectivity index (χ0) is 19.7. The predicted molar refractivity (Wildman–Crippen MR) is 95.7 cm³/mol. The summed E-state index contributed by atoms with van der Waals surface area (Å²) in [5.74, 6) is 0.306. The van der Waals surface area contributed by atoms with Crippen molar-refractivity contribution in [3.8, 4) is 11.5 Å². The molecule has 0 saturated carbocycles. The summed E-state index contributed by atoms with van der Waals surface area (Å²) in [6.07, 6.45) is 0.898. The Morgan fingerprint density at radius 3 is 2.38 bits per heavy atom. The van der Waals surface area contributed by atoms with E-state index in [0.717, 1.165) is 6.42 Å². The van der Waals surface area contributed by atoms with Crippen molar-refractivity contribution >= 4 is 17.8 Å². The van der Waals surface area contributed by atoms with Crippen LogP contribution in [0.1, 0.15) is 37.6 Å². The van der Waals surface area contributed by atoms with Crippen LogP contribution in [0.15, 0.2) is 18.2 Å². The van der Waals surface area contributed by atoms with Crippen molar-refractivity contribution in [1.82, 2.24) is 16.2 Å². The third-order valence-electron chi connectivity index (χ3n) is 3.43. The molecule has 4 amide bonds. The molecular formula is C17H26N4O5. The number of rotatable bonds is 8. The van der Waals surface area contributed by atoms with Crippen molar-refractivity contribution in [2.75, 3.05) is 13.7 Å². The summed E-state index contributed by atoms with van der Waals surface area (Å²) in [7, 11) is 1.48. The van der Waals surface area contributed by atoms with Crippen LogP contribution in [0.2, 0.25) is 0 Å². The van der Waals surface area contributed by atoms with Gasteiger partial charge in [0.15, 0.2) is 11.5 Å². The quantitative estimate of drug-likeness (QED) is 0.508. The maximum atomic E-state index is 12.1. The molecule has 1 aromatic rings. The summed E-state index contributed by atoms with van der Waals surface area (Å²) in [5.41, 5.74) is 9.66. The minimum absolute atomic E-state index is 0.272. The van der Waals surface area contributed by atoms with Gasteiger partial charge in [0.05, 0.1) is 13.7 Å². The molecule has 1 unspecified atom stereocenters. The maximum absolute atomic E-state index is 12.1. The van der Waals surface area contributed by atoms with Gasteiger partial charge in [0.25, 0.3) is 11.8 Å². The van der Waals surface area contributed by atoms with E-state index in [0.29, 0.717) is 24.0 Å². The fourth-order valence-electron chi connectivity index (χ4n) is 1.91. The largest absolute Gasteiger partial charge is 0.493 e. The number of carbonyl (C=O) groups is 3. The van der Waals surface area contributed by atoms with Crippen LogP contribution >= 0.6 is 0 Å². The highest BCUT2D eigenvalue weighted by Gasteiger charge is 2.16. The number of hydrazine groups is 1. The zero-order valence-corrected chi connectivity index (χ0v) is 15.4. The lowest BCUT2D eigenvalue weighted by atomic mass is 10.1. The molecule has 9 nitrogen and oxygen atoms in total. The highest BCUT2D eigenvalue weighted by molar-refractivity contribution is 5.96. The second kappa shape index (κ2) is 10.1. The monoisotopic (exact) mass is 366 g/mol. The molecule has 5 N–H and O–H groups in total. The average molecular weight is 366 g/mol. The molecule has 0 radical (unpaired) electrons. The number of carbonyl (C=O) groups excluding carboxylic acids is 3. The van der Waals surface area contributed by atoms with Gasteiger partial charge in [-0.2, -0.15) is 0 Å². The van der Waals surface area contributed by atoms with Gasteiger partial charge in [-0.25, -0.2) is 4.79 Å². The summed E-state index contributed by atoms with van der Waals surface area (Å²) in [5, 5.41) is 2.20. The first-order valence-corrected chi connectivity index (χ1v) is 8.21. The standard InChI is InChI=1S/C17H26N4O5/c1-10(2)7-8-26-13-6-5-12(9-14(13)25-4)16(23)21-20-15(22)11(3)19-17(18)24/h5-6,9-11H,7-8H2,1-4H3,(H,20,22)(H,21,23)(H3,18,19,24). The number of benzene rings is 1. The molecule has 0 fully saturated rings. The summed E-state index contributed by atoms with van der Waals surface area (Å²) in [4.78, 5) is 34.6. The van der Waals surface area contributed by atoms with E-state index in [9.17, 15) is 14.4 Å². The molecule has 26 heavy (non-hydrogen) atoms. The minimum atomic E-state index is -0.890. The third kappa shape index (κ3) is 6.88. The number of ether oxygens (including phenoxy) is 2. The Bertz CT molecular complexity index is 648. The van der Waals surface area contributed by atoms with Crippen LogP contribution in [0.3, 0.4) is 0 Å². The van der Waals surface area contributed by atoms with Crippen LogP contribution < -0.4 is 31.4 Å². The lowest BCUT2D eigenvalue weighted by Crippen LogP contribution is -2.52. The number of urea groups is 1. The lowest BCUT2D eigenvalue weighted by Gasteiger charge is -2.15. The van der Waals surface area contributed by atoms with Crippen LogP contribution in [0.25, 0.3) is 0 Å². The van der Waals surface area contributed by atoms with Crippen molar-refractivity contribution < 1.29 is 23.9 Å². The second-order valence-corrected chi connectivity index (χ2v) is 6.07. The van der Waals surface area contributed by atoms with Crippen molar-refractivity contribution in [1.29, 1.82) is 0 Å². The van der Waals surface area contributed by atoms with Gasteiger partial charge in [-0.1, -0.05) is 13.8 Å². The van der Waals surface area contributed by atoms with Gasteiger partial charge in [0.1, 0.15) is 6.04 Å². The summed E-state index contributed by atoms with van der Waals surface area (Å²) in [6.45, 7) is 6.17. The van der Waals surface area contributed by atoms with Crippen molar-refractivity contribution in [3.05, 3.63) is 23.8 Å². The minimum Gasteiger partial charge on any atom is -0.493 e. The molecule has 0 heterocycles. The number of hydrogen-bond donors (Lipinski definition) is 4. The Hall–Kier alpha value is -2.97. The van der Waals surface area contributed by atoms with E-state index >= 15 is 0 Å². The average Bonchev–Trinajstić information content (AvgIpc) is 2.58. The SMILES string of the molecule is COc1cc(C(=O)NNC(=O)C(C)NC(N)=O)ccc1OCCC(C)C. The Balaban J connectivity index is 2.66. The first-order chi connectivity index (χ1) is 12.2. The van der Waals surface area contributed by atoms with Gasteiger partial charge >= 0.3 is 6.03 Å². The molecule has 9 heteroatoms. The van der Waals surface area contributed by atoms with Crippen LogP contribution in [-0.4, -0.2) is 37.6 Å². The maximum Gasteiger partial charge on any atom is 0.312 e. The van der Waals surface area contributed by atoms with Crippen LogP contribution in [0.4, 0.5) is 4.79 Å². The van der Waals surface area contributed by atoms with Gasteiger partial charge in [0, 0.05) is 5.56 Å².